The molecule has 0 amide bonds. The maximum Gasteiger partial charge on any atom is 0.203 e. The minimum Gasteiger partial charge on any atom is -0.493 e. The molecule has 3 N–H and O–H groups in total. The number of benzene rings is 3. The van der Waals surface area contributed by atoms with Crippen LogP contribution in [0.25, 0.3) is 16.9 Å². The quantitative estimate of drug-likeness (QED) is 0.417. The van der Waals surface area contributed by atoms with E-state index in [2.05, 4.69) is 5.32 Å². The molecule has 0 unspecified atom stereocenters. The van der Waals surface area contributed by atoms with Gasteiger partial charge in [-0.2, -0.15) is 5.10 Å². The Morgan fingerprint density at radius 3 is 2.06 bits per heavy atom. The summed E-state index contributed by atoms with van der Waals surface area (Å²) in [6, 6.07) is 23.2. The highest BCUT2D eigenvalue weighted by Crippen LogP contribution is 2.41. The Bertz CT molecular complexity index is 1160. The number of ether oxygens (including phenoxy) is 3. The van der Waals surface area contributed by atoms with E-state index >= 15 is 0 Å². The minimum absolute atomic E-state index is 0.534. The molecule has 3 aromatic carbocycles. The number of aromatic nitrogens is 2. The second-order valence-electron chi connectivity index (χ2n) is 6.79. The third-order valence-corrected chi connectivity index (χ3v) is 4.89. The Morgan fingerprint density at radius 2 is 1.45 bits per heavy atom. The number of nitrogens with zero attached hydrogens (tertiary/aromatic N) is 2. The lowest BCUT2D eigenvalue weighted by Gasteiger charge is -2.13. The van der Waals surface area contributed by atoms with Crippen molar-refractivity contribution in [3.8, 4) is 34.2 Å². The number of hydrogen-bond acceptors (Lipinski definition) is 6. The van der Waals surface area contributed by atoms with Gasteiger partial charge in [-0.15, -0.1) is 0 Å². The zero-order valence-electron chi connectivity index (χ0n) is 17.6. The molecule has 0 aliphatic heterocycles. The van der Waals surface area contributed by atoms with Gasteiger partial charge in [-0.1, -0.05) is 30.3 Å². The number of para-hydroxylation sites is 3. The van der Waals surface area contributed by atoms with Crippen molar-refractivity contribution < 1.29 is 14.2 Å². The number of methoxy groups -OCH3 is 3. The van der Waals surface area contributed by atoms with E-state index in [9.17, 15) is 0 Å². The average Bonchev–Trinajstić information content (AvgIpc) is 3.24. The molecule has 1 aromatic heterocycles. The predicted octanol–water partition coefficient (Wildman–Crippen LogP) is 4.89. The van der Waals surface area contributed by atoms with Gasteiger partial charge in [-0.3, -0.25) is 0 Å². The number of nitrogens with two attached hydrogens (primary N) is 1. The standard InChI is InChI=1S/C24H24N4O3/c1-29-21-13-16(14-22(30-2)24(21)31-3)20-15-23(26-19-12-8-7-11-18(19)25)28(27-20)17-9-5-4-6-10-17/h4-15,26H,25H2,1-3H3. The topological polar surface area (TPSA) is 83.6 Å². The second-order valence-corrected chi connectivity index (χ2v) is 6.79. The van der Waals surface area contributed by atoms with E-state index < -0.39 is 0 Å². The van der Waals surface area contributed by atoms with Gasteiger partial charge in [-0.05, 0) is 36.4 Å². The molecule has 0 saturated heterocycles. The molecule has 0 radical (unpaired) electrons. The van der Waals surface area contributed by atoms with Crippen LogP contribution in [0.2, 0.25) is 0 Å². The first-order valence-electron chi connectivity index (χ1n) is 9.72. The van der Waals surface area contributed by atoms with E-state index in [1.54, 1.807) is 21.3 Å². The fourth-order valence-electron chi connectivity index (χ4n) is 3.36. The van der Waals surface area contributed by atoms with Gasteiger partial charge in [0.05, 0.1) is 44.1 Å². The van der Waals surface area contributed by atoms with Gasteiger partial charge in [0, 0.05) is 11.6 Å². The number of rotatable bonds is 7. The Balaban J connectivity index is 1.85. The van der Waals surface area contributed by atoms with Gasteiger partial charge in [0.15, 0.2) is 11.5 Å². The van der Waals surface area contributed by atoms with Gasteiger partial charge >= 0.3 is 0 Å². The van der Waals surface area contributed by atoms with Gasteiger partial charge in [0.1, 0.15) is 5.82 Å². The molecule has 0 atom stereocenters. The first-order valence-corrected chi connectivity index (χ1v) is 9.72. The molecular weight excluding hydrogens is 392 g/mol. The Kier molecular flexibility index (Phi) is 5.66. The minimum atomic E-state index is 0.534. The number of anilines is 3. The number of hydrogen-bond donors (Lipinski definition) is 2. The molecule has 0 fully saturated rings. The molecule has 4 rings (SSSR count). The van der Waals surface area contributed by atoms with Gasteiger partial charge in [0.25, 0.3) is 0 Å². The van der Waals surface area contributed by atoms with Crippen LogP contribution in [0.15, 0.2) is 72.8 Å². The molecule has 0 aliphatic carbocycles. The second kappa shape index (κ2) is 8.71. The maximum atomic E-state index is 6.14. The molecule has 7 nitrogen and oxygen atoms in total. The van der Waals surface area contributed by atoms with Gasteiger partial charge < -0.3 is 25.3 Å². The molecule has 7 heteroatoms. The first kappa shape index (κ1) is 20.2. The Morgan fingerprint density at radius 1 is 0.806 bits per heavy atom. The molecule has 0 spiro atoms. The first-order chi connectivity index (χ1) is 15.1. The van der Waals surface area contributed by atoms with Crippen LogP contribution in [0, 0.1) is 0 Å². The van der Waals surface area contributed by atoms with E-state index in [0.717, 1.165) is 28.5 Å². The summed E-state index contributed by atoms with van der Waals surface area (Å²) in [7, 11) is 4.76. The van der Waals surface area contributed by atoms with Crippen molar-refractivity contribution in [2.45, 2.75) is 0 Å². The van der Waals surface area contributed by atoms with Crippen LogP contribution in [0.5, 0.6) is 17.2 Å². The largest absolute Gasteiger partial charge is 0.493 e. The molecular formula is C24H24N4O3. The highest BCUT2D eigenvalue weighted by molar-refractivity contribution is 5.76. The van der Waals surface area contributed by atoms with Crippen molar-refractivity contribution in [1.29, 1.82) is 0 Å². The summed E-state index contributed by atoms with van der Waals surface area (Å²) >= 11 is 0. The number of nitrogen functional groups attached to an aromatic ring is 1. The predicted molar refractivity (Wildman–Crippen MR) is 123 cm³/mol. The van der Waals surface area contributed by atoms with Crippen molar-refractivity contribution in [1.82, 2.24) is 9.78 Å². The summed E-state index contributed by atoms with van der Waals surface area (Å²) in [5.41, 5.74) is 10.1. The van der Waals surface area contributed by atoms with Gasteiger partial charge in [0.2, 0.25) is 5.75 Å². The summed E-state index contributed by atoms with van der Waals surface area (Å²) in [5.74, 6) is 2.43. The average molecular weight is 416 g/mol. The van der Waals surface area contributed by atoms with Crippen LogP contribution >= 0.6 is 0 Å². The van der Waals surface area contributed by atoms with Crippen LogP contribution in [0.4, 0.5) is 17.2 Å². The molecule has 0 saturated carbocycles. The van der Waals surface area contributed by atoms with Crippen molar-refractivity contribution in [2.75, 3.05) is 32.4 Å². The van der Waals surface area contributed by atoms with Crippen molar-refractivity contribution in [2.24, 2.45) is 0 Å². The summed E-state index contributed by atoms with van der Waals surface area (Å²) in [4.78, 5) is 0. The van der Waals surface area contributed by atoms with Crippen LogP contribution in [0.3, 0.4) is 0 Å². The fourth-order valence-corrected chi connectivity index (χ4v) is 3.36. The van der Waals surface area contributed by atoms with Crippen molar-refractivity contribution in [3.05, 3.63) is 72.8 Å². The third-order valence-electron chi connectivity index (χ3n) is 4.89. The summed E-state index contributed by atoms with van der Waals surface area (Å²) in [6.07, 6.45) is 0. The van der Waals surface area contributed by atoms with E-state index in [-0.39, 0.29) is 0 Å². The van der Waals surface area contributed by atoms with Crippen LogP contribution < -0.4 is 25.3 Å². The Hall–Kier alpha value is -4.13. The van der Waals surface area contributed by atoms with E-state index in [1.807, 2.05) is 77.5 Å². The summed E-state index contributed by atoms with van der Waals surface area (Å²) < 4.78 is 18.3. The fraction of sp³-hybridized carbons (Fsp3) is 0.125. The van der Waals surface area contributed by atoms with Crippen LogP contribution in [-0.4, -0.2) is 31.1 Å². The molecule has 0 bridgehead atoms. The lowest BCUT2D eigenvalue weighted by molar-refractivity contribution is 0.324. The normalized spacial score (nSPS) is 10.5. The number of nitrogens with one attached hydrogen (secondary N) is 1. The van der Waals surface area contributed by atoms with Crippen LogP contribution in [0.1, 0.15) is 0 Å². The van der Waals surface area contributed by atoms with Crippen molar-refractivity contribution in [3.63, 3.8) is 0 Å². The maximum absolute atomic E-state index is 6.14. The van der Waals surface area contributed by atoms with Crippen molar-refractivity contribution >= 4 is 17.2 Å². The third kappa shape index (κ3) is 3.98. The lowest BCUT2D eigenvalue weighted by Crippen LogP contribution is -2.03. The monoisotopic (exact) mass is 416 g/mol. The lowest BCUT2D eigenvalue weighted by atomic mass is 10.1. The molecule has 1 heterocycles. The highest BCUT2D eigenvalue weighted by Gasteiger charge is 2.18. The smallest absolute Gasteiger partial charge is 0.203 e. The van der Waals surface area contributed by atoms with Crippen LogP contribution in [-0.2, 0) is 0 Å². The zero-order chi connectivity index (χ0) is 21.8. The van der Waals surface area contributed by atoms with E-state index in [4.69, 9.17) is 25.0 Å². The molecule has 31 heavy (non-hydrogen) atoms. The molecule has 0 aliphatic rings. The Labute approximate surface area is 181 Å². The molecule has 4 aromatic rings. The van der Waals surface area contributed by atoms with E-state index in [0.29, 0.717) is 22.9 Å². The van der Waals surface area contributed by atoms with E-state index in [1.165, 1.54) is 0 Å². The summed E-state index contributed by atoms with van der Waals surface area (Å²) in [5, 5.41) is 8.24. The highest BCUT2D eigenvalue weighted by atomic mass is 16.5. The zero-order valence-corrected chi connectivity index (χ0v) is 17.6. The molecule has 158 valence electrons. The SMILES string of the molecule is COc1cc(-c2cc(Nc3ccccc3N)n(-c3ccccc3)n2)cc(OC)c1OC. The summed E-state index contributed by atoms with van der Waals surface area (Å²) in [6.45, 7) is 0. The van der Waals surface area contributed by atoms with Gasteiger partial charge in [-0.25, -0.2) is 4.68 Å².